The van der Waals surface area contributed by atoms with Gasteiger partial charge in [0.05, 0.1) is 24.4 Å². The summed E-state index contributed by atoms with van der Waals surface area (Å²) in [6, 6.07) is 12.5. The van der Waals surface area contributed by atoms with Gasteiger partial charge in [0.15, 0.2) is 0 Å². The lowest BCUT2D eigenvalue weighted by molar-refractivity contribution is -0.120. The molecule has 0 unspecified atom stereocenters. The van der Waals surface area contributed by atoms with Crippen molar-refractivity contribution in [1.82, 2.24) is 10.6 Å². The van der Waals surface area contributed by atoms with Gasteiger partial charge in [0.1, 0.15) is 5.75 Å². The number of alkyl halides is 2. The average Bonchev–Trinajstić information content (AvgIpc) is 2.66. The maximum atomic E-state index is 12.3. The molecule has 0 saturated carbocycles. The zero-order chi connectivity index (χ0) is 19.6. The first kappa shape index (κ1) is 20.1. The Morgan fingerprint density at radius 2 is 1.74 bits per heavy atom. The maximum absolute atomic E-state index is 12.3. The average molecular weight is 379 g/mol. The fourth-order valence-corrected chi connectivity index (χ4v) is 2.18. The topological polar surface area (TPSA) is 99.7 Å². The van der Waals surface area contributed by atoms with Crippen LogP contribution in [0.25, 0.3) is 0 Å². The van der Waals surface area contributed by atoms with Gasteiger partial charge in [-0.25, -0.2) is 0 Å². The van der Waals surface area contributed by atoms with E-state index in [1.807, 2.05) is 0 Å². The number of aliphatic hydroxyl groups excluding tert-OH is 1. The third-order valence-corrected chi connectivity index (χ3v) is 3.37. The van der Waals surface area contributed by atoms with Gasteiger partial charge in [0.2, 0.25) is 5.91 Å². The molecule has 0 radical (unpaired) electrons. The van der Waals surface area contributed by atoms with Gasteiger partial charge in [-0.15, -0.1) is 0 Å². The summed E-state index contributed by atoms with van der Waals surface area (Å²) < 4.78 is 28.7. The van der Waals surface area contributed by atoms with Gasteiger partial charge in [-0.2, -0.15) is 8.78 Å². The van der Waals surface area contributed by atoms with Crippen LogP contribution in [0.3, 0.4) is 0 Å². The zero-order valence-electron chi connectivity index (χ0n) is 14.2. The molecule has 0 bridgehead atoms. The first-order chi connectivity index (χ1) is 13.0. The lowest BCUT2D eigenvalue weighted by Gasteiger charge is -2.13. The molecule has 9 heteroatoms. The Morgan fingerprint density at radius 1 is 1.04 bits per heavy atom. The van der Waals surface area contributed by atoms with Crippen molar-refractivity contribution in [2.45, 2.75) is 6.61 Å². The maximum Gasteiger partial charge on any atom is 0.387 e. The molecule has 7 nitrogen and oxygen atoms in total. The van der Waals surface area contributed by atoms with Crippen LogP contribution < -0.4 is 20.7 Å². The molecule has 0 atom stereocenters. The minimum absolute atomic E-state index is 0.0236. The third-order valence-electron chi connectivity index (χ3n) is 3.37. The van der Waals surface area contributed by atoms with E-state index in [0.717, 1.165) is 0 Å². The summed E-state index contributed by atoms with van der Waals surface area (Å²) in [7, 11) is 0. The third kappa shape index (κ3) is 6.55. The minimum Gasteiger partial charge on any atom is -0.435 e. The van der Waals surface area contributed by atoms with E-state index in [-0.39, 0.29) is 25.4 Å². The van der Waals surface area contributed by atoms with Gasteiger partial charge < -0.3 is 25.8 Å². The molecule has 2 amide bonds. The van der Waals surface area contributed by atoms with Crippen molar-refractivity contribution >= 4 is 23.2 Å². The first-order valence-electron chi connectivity index (χ1n) is 8.06. The fourth-order valence-electron chi connectivity index (χ4n) is 2.18. The van der Waals surface area contributed by atoms with Gasteiger partial charge in [-0.1, -0.05) is 12.1 Å². The van der Waals surface area contributed by atoms with Crippen LogP contribution in [0.5, 0.6) is 5.75 Å². The number of hydrogen-bond acceptors (Lipinski definition) is 5. The van der Waals surface area contributed by atoms with Crippen molar-refractivity contribution in [3.8, 4) is 5.75 Å². The Labute approximate surface area is 154 Å². The highest BCUT2D eigenvalue weighted by Gasteiger charge is 2.12. The van der Waals surface area contributed by atoms with Crippen molar-refractivity contribution in [1.29, 1.82) is 0 Å². The van der Waals surface area contributed by atoms with Crippen molar-refractivity contribution in [2.24, 2.45) is 0 Å². The van der Waals surface area contributed by atoms with Crippen molar-refractivity contribution in [3.63, 3.8) is 0 Å². The quantitative estimate of drug-likeness (QED) is 0.533. The first-order valence-corrected chi connectivity index (χ1v) is 8.06. The Morgan fingerprint density at radius 3 is 2.41 bits per heavy atom. The number of hydrogen-bond donors (Lipinski definition) is 4. The predicted molar refractivity (Wildman–Crippen MR) is 95.2 cm³/mol. The van der Waals surface area contributed by atoms with Crippen molar-refractivity contribution in [2.75, 3.05) is 25.0 Å². The number of nitrogens with one attached hydrogen (secondary N) is 3. The summed E-state index contributed by atoms with van der Waals surface area (Å²) in [6.07, 6.45) is 0. The van der Waals surface area contributed by atoms with Crippen LogP contribution in [0.4, 0.5) is 20.2 Å². The summed E-state index contributed by atoms with van der Waals surface area (Å²) in [6.45, 7) is -3.21. The number of halogens is 2. The molecule has 2 aromatic carbocycles. The van der Waals surface area contributed by atoms with E-state index >= 15 is 0 Å². The number of amides is 2. The van der Waals surface area contributed by atoms with Crippen LogP contribution in [0, 0.1) is 0 Å². The van der Waals surface area contributed by atoms with E-state index in [4.69, 9.17) is 5.11 Å². The van der Waals surface area contributed by atoms with E-state index in [0.29, 0.717) is 16.9 Å². The number of ether oxygens (including phenoxy) is 1. The number of anilines is 2. The summed E-state index contributed by atoms with van der Waals surface area (Å²) in [4.78, 5) is 23.8. The van der Waals surface area contributed by atoms with Crippen LogP contribution in [0.2, 0.25) is 0 Å². The second-order valence-corrected chi connectivity index (χ2v) is 5.33. The monoisotopic (exact) mass is 379 g/mol. The Bertz CT molecular complexity index is 769. The number of carbonyl (C=O) groups is 2. The summed E-state index contributed by atoms with van der Waals surface area (Å²) in [5.41, 5.74) is 1.35. The molecule has 0 aliphatic rings. The molecule has 0 heterocycles. The van der Waals surface area contributed by atoms with E-state index < -0.39 is 18.4 Å². The molecule has 4 N–H and O–H groups in total. The van der Waals surface area contributed by atoms with Gasteiger partial charge in [0, 0.05) is 12.2 Å². The molecule has 2 rings (SSSR count). The van der Waals surface area contributed by atoms with Crippen LogP contribution >= 0.6 is 0 Å². The minimum atomic E-state index is -2.90. The molecule has 0 aromatic heterocycles. The van der Waals surface area contributed by atoms with Crippen LogP contribution in [0.15, 0.2) is 48.5 Å². The summed E-state index contributed by atoms with van der Waals surface area (Å²) in [5.74, 6) is -0.858. The molecule has 0 saturated heterocycles. The summed E-state index contributed by atoms with van der Waals surface area (Å²) in [5, 5.41) is 16.6. The molecule has 144 valence electrons. The van der Waals surface area contributed by atoms with Gasteiger partial charge in [0.25, 0.3) is 5.91 Å². The number of benzene rings is 2. The van der Waals surface area contributed by atoms with Crippen LogP contribution in [-0.2, 0) is 4.79 Å². The molecule has 0 aliphatic heterocycles. The number of para-hydroxylation sites is 1. The Hall–Kier alpha value is -3.20. The second-order valence-electron chi connectivity index (χ2n) is 5.33. The van der Waals surface area contributed by atoms with Gasteiger partial charge >= 0.3 is 6.61 Å². The van der Waals surface area contributed by atoms with Crippen molar-refractivity contribution < 1.29 is 28.2 Å². The van der Waals surface area contributed by atoms with E-state index in [2.05, 4.69) is 20.7 Å². The molecular formula is C18H19F2N3O4. The van der Waals surface area contributed by atoms with Crippen molar-refractivity contribution in [3.05, 3.63) is 54.1 Å². The molecule has 27 heavy (non-hydrogen) atoms. The number of rotatable bonds is 9. The predicted octanol–water partition coefficient (Wildman–Crippen LogP) is 1.87. The molecular weight excluding hydrogens is 360 g/mol. The highest BCUT2D eigenvalue weighted by Crippen LogP contribution is 2.23. The van der Waals surface area contributed by atoms with Crippen LogP contribution in [-0.4, -0.2) is 43.2 Å². The highest BCUT2D eigenvalue weighted by molar-refractivity contribution is 6.01. The Balaban J connectivity index is 2.02. The number of aliphatic hydroxyl groups is 1. The summed E-state index contributed by atoms with van der Waals surface area (Å²) >= 11 is 0. The lowest BCUT2D eigenvalue weighted by atomic mass is 10.1. The second kappa shape index (κ2) is 10.1. The normalized spacial score (nSPS) is 10.4. The van der Waals surface area contributed by atoms with E-state index in [9.17, 15) is 18.4 Å². The lowest BCUT2D eigenvalue weighted by Crippen LogP contribution is -2.38. The van der Waals surface area contributed by atoms with E-state index in [1.165, 1.54) is 24.3 Å². The highest BCUT2D eigenvalue weighted by atomic mass is 19.3. The standard InChI is InChI=1S/C18H19F2N3O4/c19-18(20)27-13-7-5-12(6-8-13)23-15-4-2-1-3-14(15)17(26)22-11-16(25)21-9-10-24/h1-8,18,23-24H,9-11H2,(H,21,25)(H,22,26). The van der Waals surface area contributed by atoms with Gasteiger partial charge in [-0.3, -0.25) is 9.59 Å². The largest absolute Gasteiger partial charge is 0.435 e. The van der Waals surface area contributed by atoms with Gasteiger partial charge in [-0.05, 0) is 36.4 Å². The smallest absolute Gasteiger partial charge is 0.387 e. The SMILES string of the molecule is O=C(CNC(=O)c1ccccc1Nc1ccc(OC(F)F)cc1)NCCO. The molecule has 0 aliphatic carbocycles. The fraction of sp³-hybridized carbons (Fsp3) is 0.222. The Kier molecular flexibility index (Phi) is 7.50. The molecule has 2 aromatic rings. The molecule has 0 spiro atoms. The molecule has 0 fully saturated rings. The zero-order valence-corrected chi connectivity index (χ0v) is 14.2. The van der Waals surface area contributed by atoms with Crippen LogP contribution in [0.1, 0.15) is 10.4 Å². The number of carbonyl (C=O) groups excluding carboxylic acids is 2. The van der Waals surface area contributed by atoms with E-state index in [1.54, 1.807) is 24.3 Å².